The zero-order valence-corrected chi connectivity index (χ0v) is 14.2. The highest BCUT2D eigenvalue weighted by Gasteiger charge is 2.25. The van der Waals surface area contributed by atoms with Crippen LogP contribution in [-0.4, -0.2) is 44.1 Å². The van der Waals surface area contributed by atoms with Crippen molar-refractivity contribution in [3.63, 3.8) is 0 Å². The molecule has 0 saturated carbocycles. The van der Waals surface area contributed by atoms with Crippen LogP contribution in [0.15, 0.2) is 18.2 Å². The highest BCUT2D eigenvalue weighted by molar-refractivity contribution is 6.31. The summed E-state index contributed by atoms with van der Waals surface area (Å²) in [6.07, 6.45) is 2.99. The first-order valence-corrected chi connectivity index (χ1v) is 8.39. The Labute approximate surface area is 137 Å². The molecule has 0 unspecified atom stereocenters. The summed E-state index contributed by atoms with van der Waals surface area (Å²) in [5, 5.41) is 3.78. The molecule has 22 heavy (non-hydrogen) atoms. The van der Waals surface area contributed by atoms with Crippen molar-refractivity contribution in [1.29, 1.82) is 0 Å². The Morgan fingerprint density at radius 3 is 2.77 bits per heavy atom. The molecule has 0 radical (unpaired) electrons. The summed E-state index contributed by atoms with van der Waals surface area (Å²) in [7, 11) is 1.97. The van der Waals surface area contributed by atoms with Crippen LogP contribution in [0.3, 0.4) is 0 Å². The van der Waals surface area contributed by atoms with Crippen LogP contribution >= 0.6 is 11.6 Å². The van der Waals surface area contributed by atoms with Gasteiger partial charge in [-0.25, -0.2) is 0 Å². The Hall–Kier alpha value is -1.26. The summed E-state index contributed by atoms with van der Waals surface area (Å²) in [6.45, 7) is 5.26. The lowest BCUT2D eigenvalue weighted by molar-refractivity contribution is 0.0686. The highest BCUT2D eigenvalue weighted by Crippen LogP contribution is 2.26. The average molecular weight is 325 g/mol. The van der Waals surface area contributed by atoms with E-state index < -0.39 is 0 Å². The first-order chi connectivity index (χ1) is 10.7. The van der Waals surface area contributed by atoms with Crippen molar-refractivity contribution in [2.75, 3.05) is 33.3 Å². The van der Waals surface area contributed by atoms with Gasteiger partial charge in [-0.3, -0.25) is 4.79 Å². The lowest BCUT2D eigenvalue weighted by Crippen LogP contribution is -2.40. The molecule has 0 aromatic heterocycles. The Bertz CT molecular complexity index is 499. The minimum absolute atomic E-state index is 0.0245. The molecular formula is C17H25ClN2O2. The van der Waals surface area contributed by atoms with Crippen LogP contribution in [0.4, 0.5) is 0 Å². The summed E-state index contributed by atoms with van der Waals surface area (Å²) < 4.78 is 5.70. The van der Waals surface area contributed by atoms with E-state index in [0.29, 0.717) is 28.9 Å². The maximum absolute atomic E-state index is 12.8. The van der Waals surface area contributed by atoms with E-state index in [1.165, 1.54) is 0 Å². The van der Waals surface area contributed by atoms with Crippen LogP contribution in [0, 0.1) is 5.92 Å². The second-order valence-corrected chi connectivity index (χ2v) is 6.22. The van der Waals surface area contributed by atoms with Crippen molar-refractivity contribution < 1.29 is 9.53 Å². The summed E-state index contributed by atoms with van der Waals surface area (Å²) in [5.41, 5.74) is 0.577. The average Bonchev–Trinajstić information content (AvgIpc) is 2.54. The zero-order valence-electron chi connectivity index (χ0n) is 13.4. The van der Waals surface area contributed by atoms with E-state index in [0.717, 1.165) is 38.9 Å². The number of carbonyl (C=O) groups is 1. The minimum Gasteiger partial charge on any atom is -0.493 e. The molecule has 1 aliphatic rings. The molecule has 0 bridgehead atoms. The topological polar surface area (TPSA) is 41.6 Å². The maximum atomic E-state index is 12.8. The van der Waals surface area contributed by atoms with Gasteiger partial charge in [-0.1, -0.05) is 18.5 Å². The number of piperidine rings is 1. The SMILES string of the molecule is CCCOc1ccc(Cl)cc1C(=O)N1CCC(CNC)CC1. The molecule has 1 saturated heterocycles. The normalized spacial score (nSPS) is 15.9. The lowest BCUT2D eigenvalue weighted by Gasteiger charge is -2.32. The van der Waals surface area contributed by atoms with Gasteiger partial charge in [0.05, 0.1) is 12.2 Å². The van der Waals surface area contributed by atoms with Gasteiger partial charge in [-0.05, 0) is 57.0 Å². The number of halogens is 1. The largest absolute Gasteiger partial charge is 0.493 e. The van der Waals surface area contributed by atoms with Gasteiger partial charge in [0.15, 0.2) is 0 Å². The Morgan fingerprint density at radius 1 is 1.41 bits per heavy atom. The molecule has 0 spiro atoms. The fourth-order valence-corrected chi connectivity index (χ4v) is 2.98. The Kier molecular flexibility index (Phi) is 6.52. The standard InChI is InChI=1S/C17H25ClN2O2/c1-3-10-22-16-5-4-14(18)11-15(16)17(21)20-8-6-13(7-9-20)12-19-2/h4-5,11,13,19H,3,6-10,12H2,1-2H3. The first-order valence-electron chi connectivity index (χ1n) is 8.02. The van der Waals surface area contributed by atoms with Gasteiger partial charge in [-0.2, -0.15) is 0 Å². The molecule has 1 aliphatic heterocycles. The van der Waals surface area contributed by atoms with E-state index >= 15 is 0 Å². The fraction of sp³-hybridized carbons (Fsp3) is 0.588. The number of amides is 1. The molecule has 1 aromatic rings. The molecule has 1 N–H and O–H groups in total. The van der Waals surface area contributed by atoms with E-state index in [2.05, 4.69) is 5.32 Å². The molecule has 122 valence electrons. The van der Waals surface area contributed by atoms with Crippen molar-refractivity contribution in [3.8, 4) is 5.75 Å². The van der Waals surface area contributed by atoms with Gasteiger partial charge < -0.3 is 15.0 Å². The van der Waals surface area contributed by atoms with Crippen LogP contribution in [0.5, 0.6) is 5.75 Å². The third kappa shape index (κ3) is 4.37. The highest BCUT2D eigenvalue weighted by atomic mass is 35.5. The summed E-state index contributed by atoms with van der Waals surface area (Å²) >= 11 is 6.06. The number of ether oxygens (including phenoxy) is 1. The van der Waals surface area contributed by atoms with E-state index in [-0.39, 0.29) is 5.91 Å². The number of hydrogen-bond donors (Lipinski definition) is 1. The van der Waals surface area contributed by atoms with Gasteiger partial charge >= 0.3 is 0 Å². The number of hydrogen-bond acceptors (Lipinski definition) is 3. The second kappa shape index (κ2) is 8.39. The zero-order chi connectivity index (χ0) is 15.9. The third-order valence-electron chi connectivity index (χ3n) is 4.03. The molecule has 2 rings (SSSR count). The minimum atomic E-state index is 0.0245. The van der Waals surface area contributed by atoms with Gasteiger partial charge in [-0.15, -0.1) is 0 Å². The first kappa shape index (κ1) is 17.1. The molecule has 1 aromatic carbocycles. The van der Waals surface area contributed by atoms with Crippen molar-refractivity contribution in [2.24, 2.45) is 5.92 Å². The Morgan fingerprint density at radius 2 is 2.14 bits per heavy atom. The molecule has 1 fully saturated rings. The lowest BCUT2D eigenvalue weighted by atomic mass is 9.96. The number of benzene rings is 1. The van der Waals surface area contributed by atoms with Gasteiger partial charge in [0.25, 0.3) is 5.91 Å². The van der Waals surface area contributed by atoms with Crippen LogP contribution in [-0.2, 0) is 0 Å². The number of carbonyl (C=O) groups excluding carboxylic acids is 1. The number of likely N-dealkylation sites (tertiary alicyclic amines) is 1. The number of rotatable bonds is 6. The van der Waals surface area contributed by atoms with Gasteiger partial charge in [0.1, 0.15) is 5.75 Å². The number of nitrogens with one attached hydrogen (secondary N) is 1. The monoisotopic (exact) mass is 324 g/mol. The molecule has 0 atom stereocenters. The van der Waals surface area contributed by atoms with Crippen LogP contribution in [0.2, 0.25) is 5.02 Å². The molecule has 1 heterocycles. The smallest absolute Gasteiger partial charge is 0.257 e. The number of nitrogens with zero attached hydrogens (tertiary/aromatic N) is 1. The van der Waals surface area contributed by atoms with E-state index in [1.807, 2.05) is 18.9 Å². The molecule has 1 amide bonds. The summed E-state index contributed by atoms with van der Waals surface area (Å²) in [5.74, 6) is 1.31. The maximum Gasteiger partial charge on any atom is 0.257 e. The molecule has 4 nitrogen and oxygen atoms in total. The van der Waals surface area contributed by atoms with Crippen molar-refractivity contribution in [2.45, 2.75) is 26.2 Å². The van der Waals surface area contributed by atoms with Crippen molar-refractivity contribution in [1.82, 2.24) is 10.2 Å². The molecule has 5 heteroatoms. The predicted molar refractivity (Wildman–Crippen MR) is 89.8 cm³/mol. The molecule has 0 aliphatic carbocycles. The summed E-state index contributed by atoms with van der Waals surface area (Å²) in [4.78, 5) is 14.7. The second-order valence-electron chi connectivity index (χ2n) is 5.78. The third-order valence-corrected chi connectivity index (χ3v) is 4.26. The van der Waals surface area contributed by atoms with Gasteiger partial charge in [0.2, 0.25) is 0 Å². The van der Waals surface area contributed by atoms with Crippen LogP contribution < -0.4 is 10.1 Å². The van der Waals surface area contributed by atoms with Crippen LogP contribution in [0.25, 0.3) is 0 Å². The van der Waals surface area contributed by atoms with E-state index in [9.17, 15) is 4.79 Å². The molecular weight excluding hydrogens is 300 g/mol. The van der Waals surface area contributed by atoms with E-state index in [1.54, 1.807) is 18.2 Å². The van der Waals surface area contributed by atoms with Gasteiger partial charge in [0, 0.05) is 18.1 Å². The van der Waals surface area contributed by atoms with E-state index in [4.69, 9.17) is 16.3 Å². The van der Waals surface area contributed by atoms with Crippen molar-refractivity contribution in [3.05, 3.63) is 28.8 Å². The van der Waals surface area contributed by atoms with Crippen LogP contribution in [0.1, 0.15) is 36.5 Å². The summed E-state index contributed by atoms with van der Waals surface area (Å²) in [6, 6.07) is 5.27. The fourth-order valence-electron chi connectivity index (χ4n) is 2.81. The van der Waals surface area contributed by atoms with Crippen molar-refractivity contribution >= 4 is 17.5 Å². The predicted octanol–water partition coefficient (Wildman–Crippen LogP) is 3.20. The quantitative estimate of drug-likeness (QED) is 0.873. The Balaban J connectivity index is 2.07.